The zero-order valence-corrected chi connectivity index (χ0v) is 13.0. The number of anilines is 1. The molecule has 0 spiro atoms. The Balaban J connectivity index is 1.94. The fourth-order valence-electron chi connectivity index (χ4n) is 1.97. The van der Waals surface area contributed by atoms with Crippen molar-refractivity contribution < 1.29 is 14.5 Å². The molecule has 1 N–H and O–H groups in total. The highest BCUT2D eigenvalue weighted by molar-refractivity contribution is 5.94. The number of nitro groups is 1. The van der Waals surface area contributed by atoms with Crippen molar-refractivity contribution >= 4 is 17.3 Å². The van der Waals surface area contributed by atoms with Crippen LogP contribution in [0.25, 0.3) is 0 Å². The van der Waals surface area contributed by atoms with Crippen molar-refractivity contribution in [1.29, 1.82) is 0 Å². The largest absolute Gasteiger partial charge is 0.481 e. The van der Waals surface area contributed by atoms with E-state index in [1.807, 2.05) is 24.3 Å². The molecule has 6 nitrogen and oxygen atoms in total. The Kier molecular flexibility index (Phi) is 5.30. The van der Waals surface area contributed by atoms with E-state index in [1.165, 1.54) is 29.8 Å². The zero-order chi connectivity index (χ0) is 16.8. The molecule has 0 fully saturated rings. The summed E-state index contributed by atoms with van der Waals surface area (Å²) in [6.45, 7) is 3.69. The number of ether oxygens (including phenoxy) is 1. The monoisotopic (exact) mass is 314 g/mol. The number of nitrogens with one attached hydrogen (secondary N) is 1. The number of nitro benzene ring substituents is 1. The maximum absolute atomic E-state index is 12.1. The second kappa shape index (κ2) is 7.40. The van der Waals surface area contributed by atoms with Crippen molar-refractivity contribution in [1.82, 2.24) is 0 Å². The number of aryl methyl sites for hydroxylation is 1. The summed E-state index contributed by atoms with van der Waals surface area (Å²) >= 11 is 0. The molecule has 0 saturated heterocycles. The van der Waals surface area contributed by atoms with Gasteiger partial charge < -0.3 is 10.1 Å². The maximum Gasteiger partial charge on any atom is 0.269 e. The SMILES string of the molecule is CCc1ccc(NC(=O)C(C)Oc2ccc([N+](=O)[O-])cc2)cc1. The first-order valence-electron chi connectivity index (χ1n) is 7.30. The van der Waals surface area contributed by atoms with Crippen LogP contribution in [0, 0.1) is 10.1 Å². The fourth-order valence-corrected chi connectivity index (χ4v) is 1.97. The molecule has 0 radical (unpaired) electrons. The summed E-state index contributed by atoms with van der Waals surface area (Å²) in [6, 6.07) is 13.2. The molecule has 120 valence electrons. The van der Waals surface area contributed by atoms with Gasteiger partial charge in [-0.3, -0.25) is 14.9 Å². The molecule has 6 heteroatoms. The van der Waals surface area contributed by atoms with Crippen LogP contribution in [-0.4, -0.2) is 16.9 Å². The lowest BCUT2D eigenvalue weighted by molar-refractivity contribution is -0.384. The van der Waals surface area contributed by atoms with E-state index in [-0.39, 0.29) is 11.6 Å². The average Bonchev–Trinajstić information content (AvgIpc) is 2.56. The quantitative estimate of drug-likeness (QED) is 0.653. The number of carbonyl (C=O) groups is 1. The van der Waals surface area contributed by atoms with Crippen molar-refractivity contribution in [3.8, 4) is 5.75 Å². The van der Waals surface area contributed by atoms with Crippen LogP contribution in [0.2, 0.25) is 0 Å². The molecule has 1 atom stereocenters. The Labute approximate surface area is 134 Å². The van der Waals surface area contributed by atoms with Crippen LogP contribution in [0.4, 0.5) is 11.4 Å². The maximum atomic E-state index is 12.1. The summed E-state index contributed by atoms with van der Waals surface area (Å²) in [5.41, 5.74) is 1.87. The number of carbonyl (C=O) groups excluding carboxylic acids is 1. The average molecular weight is 314 g/mol. The second-order valence-electron chi connectivity index (χ2n) is 5.05. The Morgan fingerprint density at radius 3 is 2.30 bits per heavy atom. The summed E-state index contributed by atoms with van der Waals surface area (Å²) in [5.74, 6) is 0.118. The van der Waals surface area contributed by atoms with Gasteiger partial charge in [-0.1, -0.05) is 19.1 Å². The third kappa shape index (κ3) is 4.54. The van der Waals surface area contributed by atoms with Crippen LogP contribution in [0.1, 0.15) is 19.4 Å². The molecule has 2 rings (SSSR count). The van der Waals surface area contributed by atoms with Gasteiger partial charge in [0.25, 0.3) is 11.6 Å². The van der Waals surface area contributed by atoms with E-state index in [2.05, 4.69) is 12.2 Å². The normalized spacial score (nSPS) is 11.6. The molecule has 1 amide bonds. The standard InChI is InChI=1S/C17H18N2O4/c1-3-13-4-6-14(7-5-13)18-17(20)12(2)23-16-10-8-15(9-11-16)19(21)22/h4-12H,3H2,1-2H3,(H,18,20). The van der Waals surface area contributed by atoms with E-state index >= 15 is 0 Å². The molecule has 0 aliphatic carbocycles. The van der Waals surface area contributed by atoms with E-state index in [0.29, 0.717) is 11.4 Å². The molecule has 0 aliphatic heterocycles. The first kappa shape index (κ1) is 16.5. The third-order valence-electron chi connectivity index (χ3n) is 3.36. The lowest BCUT2D eigenvalue weighted by Gasteiger charge is -2.14. The van der Waals surface area contributed by atoms with Gasteiger partial charge in [0, 0.05) is 17.8 Å². The molecule has 2 aromatic rings. The van der Waals surface area contributed by atoms with Gasteiger partial charge in [0.15, 0.2) is 6.10 Å². The number of non-ortho nitro benzene ring substituents is 1. The fraction of sp³-hybridized carbons (Fsp3) is 0.235. The van der Waals surface area contributed by atoms with Crippen LogP contribution in [0.5, 0.6) is 5.75 Å². The molecule has 23 heavy (non-hydrogen) atoms. The Hall–Kier alpha value is -2.89. The molecule has 0 bridgehead atoms. The first-order chi connectivity index (χ1) is 11.0. The highest BCUT2D eigenvalue weighted by atomic mass is 16.6. The van der Waals surface area contributed by atoms with E-state index in [0.717, 1.165) is 6.42 Å². The molecule has 0 saturated carbocycles. The van der Waals surface area contributed by atoms with E-state index in [1.54, 1.807) is 6.92 Å². The molecule has 0 heterocycles. The van der Waals surface area contributed by atoms with Gasteiger partial charge in [-0.2, -0.15) is 0 Å². The minimum Gasteiger partial charge on any atom is -0.481 e. The Morgan fingerprint density at radius 1 is 1.17 bits per heavy atom. The van der Waals surface area contributed by atoms with Crippen LogP contribution in [0.3, 0.4) is 0 Å². The van der Waals surface area contributed by atoms with Crippen molar-refractivity contribution in [3.05, 3.63) is 64.2 Å². The highest BCUT2D eigenvalue weighted by Gasteiger charge is 2.15. The lowest BCUT2D eigenvalue weighted by Crippen LogP contribution is -2.30. The van der Waals surface area contributed by atoms with Crippen molar-refractivity contribution in [2.45, 2.75) is 26.4 Å². The summed E-state index contributed by atoms with van der Waals surface area (Å²) in [6.07, 6.45) is 0.218. The van der Waals surface area contributed by atoms with Crippen molar-refractivity contribution in [2.75, 3.05) is 5.32 Å². The number of hydrogen-bond donors (Lipinski definition) is 1. The molecule has 0 aliphatic rings. The Bertz CT molecular complexity index is 681. The van der Waals surface area contributed by atoms with Crippen LogP contribution in [-0.2, 0) is 11.2 Å². The van der Waals surface area contributed by atoms with Gasteiger partial charge in [0.2, 0.25) is 0 Å². The zero-order valence-electron chi connectivity index (χ0n) is 13.0. The first-order valence-corrected chi connectivity index (χ1v) is 7.30. The summed E-state index contributed by atoms with van der Waals surface area (Å²) in [4.78, 5) is 22.2. The Morgan fingerprint density at radius 2 is 1.78 bits per heavy atom. The van der Waals surface area contributed by atoms with Crippen molar-refractivity contribution in [2.24, 2.45) is 0 Å². The molecule has 0 aromatic heterocycles. The smallest absolute Gasteiger partial charge is 0.269 e. The predicted molar refractivity (Wildman–Crippen MR) is 87.6 cm³/mol. The van der Waals surface area contributed by atoms with E-state index in [4.69, 9.17) is 4.74 Å². The van der Waals surface area contributed by atoms with Gasteiger partial charge in [0.1, 0.15) is 5.75 Å². The topological polar surface area (TPSA) is 81.5 Å². The summed E-state index contributed by atoms with van der Waals surface area (Å²) < 4.78 is 5.49. The van der Waals surface area contributed by atoms with Gasteiger partial charge >= 0.3 is 0 Å². The minimum absolute atomic E-state index is 0.0227. The van der Waals surface area contributed by atoms with Crippen LogP contribution >= 0.6 is 0 Å². The van der Waals surface area contributed by atoms with Crippen molar-refractivity contribution in [3.63, 3.8) is 0 Å². The molecule has 1 unspecified atom stereocenters. The van der Waals surface area contributed by atoms with E-state index in [9.17, 15) is 14.9 Å². The van der Waals surface area contributed by atoms with Gasteiger partial charge in [-0.15, -0.1) is 0 Å². The lowest BCUT2D eigenvalue weighted by atomic mass is 10.1. The number of rotatable bonds is 6. The van der Waals surface area contributed by atoms with E-state index < -0.39 is 11.0 Å². The van der Waals surface area contributed by atoms with Gasteiger partial charge in [-0.25, -0.2) is 0 Å². The minimum atomic E-state index is -0.720. The molecular formula is C17H18N2O4. The number of hydrogen-bond acceptors (Lipinski definition) is 4. The van der Waals surface area contributed by atoms with Crippen LogP contribution < -0.4 is 10.1 Å². The van der Waals surface area contributed by atoms with Gasteiger partial charge in [-0.05, 0) is 43.2 Å². The molecule has 2 aromatic carbocycles. The summed E-state index contributed by atoms with van der Waals surface area (Å²) in [7, 11) is 0. The third-order valence-corrected chi connectivity index (χ3v) is 3.36. The predicted octanol–water partition coefficient (Wildman–Crippen LogP) is 3.56. The van der Waals surface area contributed by atoms with Gasteiger partial charge in [0.05, 0.1) is 4.92 Å². The second-order valence-corrected chi connectivity index (χ2v) is 5.05. The number of amides is 1. The number of benzene rings is 2. The van der Waals surface area contributed by atoms with Crippen LogP contribution in [0.15, 0.2) is 48.5 Å². The summed E-state index contributed by atoms with van der Waals surface area (Å²) in [5, 5.41) is 13.4. The number of nitrogens with zero attached hydrogens (tertiary/aromatic N) is 1. The highest BCUT2D eigenvalue weighted by Crippen LogP contribution is 2.19. The molecular weight excluding hydrogens is 296 g/mol.